The highest BCUT2D eigenvalue weighted by Gasteiger charge is 2.16. The number of anilines is 1. The van der Waals surface area contributed by atoms with Gasteiger partial charge in [0.15, 0.2) is 0 Å². The molecule has 0 radical (unpaired) electrons. The topological polar surface area (TPSA) is 83.6 Å². The van der Waals surface area contributed by atoms with Crippen molar-refractivity contribution in [3.8, 4) is 11.8 Å². The molecule has 2 aromatic heterocycles. The highest BCUT2D eigenvalue weighted by atomic mass is 32.1. The van der Waals surface area contributed by atoms with E-state index < -0.39 is 0 Å². The van der Waals surface area contributed by atoms with Gasteiger partial charge in [0.1, 0.15) is 5.69 Å². The third kappa shape index (κ3) is 3.19. The molecule has 7 heteroatoms. The number of thiazole rings is 1. The molecule has 0 saturated carbocycles. The fourth-order valence-electron chi connectivity index (χ4n) is 2.40. The number of hydrogen-bond donors (Lipinski definition) is 1. The summed E-state index contributed by atoms with van der Waals surface area (Å²) in [5, 5.41) is 18.0. The van der Waals surface area contributed by atoms with E-state index in [1.54, 1.807) is 33.9 Å². The van der Waals surface area contributed by atoms with E-state index in [1.807, 2.05) is 12.1 Å². The van der Waals surface area contributed by atoms with Gasteiger partial charge in [0.05, 0.1) is 40.4 Å². The van der Waals surface area contributed by atoms with E-state index in [9.17, 15) is 4.79 Å². The monoisotopic (exact) mass is 337 g/mol. The number of nitrogens with zero attached hydrogens (tertiary/aromatic N) is 4. The summed E-state index contributed by atoms with van der Waals surface area (Å²) in [5.41, 5.74) is 4.94. The van der Waals surface area contributed by atoms with Gasteiger partial charge in [-0.15, -0.1) is 11.3 Å². The van der Waals surface area contributed by atoms with Gasteiger partial charge in [0.25, 0.3) is 5.91 Å². The number of amides is 1. The molecule has 120 valence electrons. The number of carbonyl (C=O) groups is 1. The van der Waals surface area contributed by atoms with Gasteiger partial charge in [-0.2, -0.15) is 10.4 Å². The minimum absolute atomic E-state index is 0.251. The van der Waals surface area contributed by atoms with Crippen LogP contribution in [0.5, 0.6) is 0 Å². The molecule has 0 atom stereocenters. The predicted molar refractivity (Wildman–Crippen MR) is 92.3 cm³/mol. The SMILES string of the molecule is CCCc1c(NC(=O)c2cscn2)cnn1-c1cccc(C#N)c1. The van der Waals surface area contributed by atoms with Crippen LogP contribution >= 0.6 is 11.3 Å². The Morgan fingerprint density at radius 3 is 3.04 bits per heavy atom. The van der Waals surface area contributed by atoms with E-state index >= 15 is 0 Å². The second kappa shape index (κ2) is 7.06. The van der Waals surface area contributed by atoms with Crippen LogP contribution in [-0.4, -0.2) is 20.7 Å². The smallest absolute Gasteiger partial charge is 0.275 e. The summed E-state index contributed by atoms with van der Waals surface area (Å²) < 4.78 is 1.76. The molecule has 24 heavy (non-hydrogen) atoms. The molecule has 1 aromatic carbocycles. The first kappa shape index (κ1) is 15.9. The van der Waals surface area contributed by atoms with Crippen LogP contribution in [0, 0.1) is 11.3 Å². The zero-order valence-corrected chi connectivity index (χ0v) is 13.9. The van der Waals surface area contributed by atoms with Crippen LogP contribution in [0.2, 0.25) is 0 Å². The van der Waals surface area contributed by atoms with Crippen molar-refractivity contribution in [2.75, 3.05) is 5.32 Å². The van der Waals surface area contributed by atoms with Gasteiger partial charge in [-0.3, -0.25) is 4.79 Å². The quantitative estimate of drug-likeness (QED) is 0.773. The van der Waals surface area contributed by atoms with Crippen molar-refractivity contribution in [3.05, 3.63) is 58.3 Å². The Labute approximate surface area is 143 Å². The maximum absolute atomic E-state index is 12.2. The largest absolute Gasteiger partial charge is 0.318 e. The van der Waals surface area contributed by atoms with Gasteiger partial charge < -0.3 is 5.32 Å². The molecule has 0 fully saturated rings. The summed E-state index contributed by atoms with van der Waals surface area (Å²) in [5.74, 6) is -0.251. The Hall–Kier alpha value is -2.98. The van der Waals surface area contributed by atoms with E-state index in [-0.39, 0.29) is 5.91 Å². The highest BCUT2D eigenvalue weighted by Crippen LogP contribution is 2.22. The highest BCUT2D eigenvalue weighted by molar-refractivity contribution is 7.07. The standard InChI is InChI=1S/C17H15N5OS/c1-2-4-16-14(21-17(23)15-10-24-11-19-15)9-20-22(16)13-6-3-5-12(7-13)8-18/h3,5-7,9-11H,2,4H2,1H3,(H,21,23). The molecule has 0 aliphatic heterocycles. The molecular formula is C17H15N5OS. The number of carbonyl (C=O) groups excluding carboxylic acids is 1. The third-order valence-corrected chi connectivity index (χ3v) is 4.08. The Kier molecular flexibility index (Phi) is 4.68. The molecular weight excluding hydrogens is 322 g/mol. The van der Waals surface area contributed by atoms with Gasteiger partial charge in [-0.05, 0) is 24.6 Å². The molecule has 0 spiro atoms. The van der Waals surface area contributed by atoms with Crippen LogP contribution in [0.15, 0.2) is 41.4 Å². The second-order valence-electron chi connectivity index (χ2n) is 5.16. The maximum atomic E-state index is 12.2. The lowest BCUT2D eigenvalue weighted by Crippen LogP contribution is -2.13. The molecule has 0 aliphatic carbocycles. The van der Waals surface area contributed by atoms with Gasteiger partial charge in [0, 0.05) is 5.38 Å². The predicted octanol–water partition coefficient (Wildman–Crippen LogP) is 3.41. The van der Waals surface area contributed by atoms with Gasteiger partial charge in [-0.25, -0.2) is 9.67 Å². The summed E-state index contributed by atoms with van der Waals surface area (Å²) in [6.45, 7) is 2.06. The Bertz CT molecular complexity index is 892. The molecule has 0 unspecified atom stereocenters. The van der Waals surface area contributed by atoms with E-state index in [0.717, 1.165) is 24.2 Å². The lowest BCUT2D eigenvalue weighted by Gasteiger charge is -2.09. The number of rotatable bonds is 5. The molecule has 6 nitrogen and oxygen atoms in total. The molecule has 3 aromatic rings. The summed E-state index contributed by atoms with van der Waals surface area (Å²) in [4.78, 5) is 16.2. The summed E-state index contributed by atoms with van der Waals surface area (Å²) >= 11 is 1.38. The summed E-state index contributed by atoms with van der Waals surface area (Å²) in [6, 6.07) is 9.36. The Balaban J connectivity index is 1.95. The molecule has 0 bridgehead atoms. The number of aromatic nitrogens is 3. The van der Waals surface area contributed by atoms with E-state index in [1.165, 1.54) is 11.3 Å². The first-order valence-corrected chi connectivity index (χ1v) is 8.44. The van der Waals surface area contributed by atoms with Crippen LogP contribution in [0.1, 0.15) is 35.1 Å². The molecule has 1 N–H and O–H groups in total. The number of nitrogens with one attached hydrogen (secondary N) is 1. The molecule has 3 rings (SSSR count). The maximum Gasteiger partial charge on any atom is 0.275 e. The van der Waals surface area contributed by atoms with Crippen LogP contribution in [0.3, 0.4) is 0 Å². The minimum Gasteiger partial charge on any atom is -0.318 e. The first-order chi connectivity index (χ1) is 11.7. The van der Waals surface area contributed by atoms with Crippen LogP contribution < -0.4 is 5.32 Å². The lowest BCUT2D eigenvalue weighted by molar-refractivity contribution is 0.102. The lowest BCUT2D eigenvalue weighted by atomic mass is 10.2. The van der Waals surface area contributed by atoms with E-state index in [2.05, 4.69) is 28.4 Å². The fraction of sp³-hybridized carbons (Fsp3) is 0.176. The zero-order valence-electron chi connectivity index (χ0n) is 13.1. The first-order valence-electron chi connectivity index (χ1n) is 7.50. The van der Waals surface area contributed by atoms with Crippen LogP contribution in [0.4, 0.5) is 5.69 Å². The fourth-order valence-corrected chi connectivity index (χ4v) is 2.93. The van der Waals surface area contributed by atoms with Crippen molar-refractivity contribution in [3.63, 3.8) is 0 Å². The van der Waals surface area contributed by atoms with E-state index in [4.69, 9.17) is 5.26 Å². The number of hydrogen-bond acceptors (Lipinski definition) is 5. The van der Waals surface area contributed by atoms with Gasteiger partial charge in [0.2, 0.25) is 0 Å². The van der Waals surface area contributed by atoms with Crippen LogP contribution in [-0.2, 0) is 6.42 Å². The van der Waals surface area contributed by atoms with E-state index in [0.29, 0.717) is 16.9 Å². The molecule has 1 amide bonds. The third-order valence-electron chi connectivity index (χ3n) is 3.49. The summed E-state index contributed by atoms with van der Waals surface area (Å²) in [7, 11) is 0. The normalized spacial score (nSPS) is 10.3. The van der Waals surface area contributed by atoms with Crippen molar-refractivity contribution < 1.29 is 4.79 Å². The van der Waals surface area contributed by atoms with Gasteiger partial charge in [-0.1, -0.05) is 19.4 Å². The van der Waals surface area contributed by atoms with Crippen molar-refractivity contribution in [1.82, 2.24) is 14.8 Å². The number of benzene rings is 1. The van der Waals surface area contributed by atoms with Crippen molar-refractivity contribution >= 4 is 22.9 Å². The van der Waals surface area contributed by atoms with Crippen molar-refractivity contribution in [2.45, 2.75) is 19.8 Å². The zero-order chi connectivity index (χ0) is 16.9. The summed E-state index contributed by atoms with van der Waals surface area (Å²) in [6.07, 6.45) is 3.29. The van der Waals surface area contributed by atoms with Crippen molar-refractivity contribution in [1.29, 1.82) is 5.26 Å². The van der Waals surface area contributed by atoms with Gasteiger partial charge >= 0.3 is 0 Å². The molecule has 0 aliphatic rings. The van der Waals surface area contributed by atoms with Crippen LogP contribution in [0.25, 0.3) is 5.69 Å². The molecule has 2 heterocycles. The minimum atomic E-state index is -0.251. The average molecular weight is 337 g/mol. The van der Waals surface area contributed by atoms with Crippen molar-refractivity contribution in [2.24, 2.45) is 0 Å². The second-order valence-corrected chi connectivity index (χ2v) is 5.88. The Morgan fingerprint density at radius 1 is 1.46 bits per heavy atom. The Morgan fingerprint density at radius 2 is 2.33 bits per heavy atom. The molecule has 0 saturated heterocycles. The number of nitriles is 1. The average Bonchev–Trinajstić information content (AvgIpc) is 3.26.